The van der Waals surface area contributed by atoms with Crippen LogP contribution in [0.25, 0.3) is 6.08 Å². The van der Waals surface area contributed by atoms with Gasteiger partial charge in [-0.2, -0.15) is 0 Å². The maximum Gasteiger partial charge on any atom is 0.264 e. The van der Waals surface area contributed by atoms with Gasteiger partial charge >= 0.3 is 0 Å². The fraction of sp³-hybridized carbons (Fsp3) is 0.211. The van der Waals surface area contributed by atoms with Crippen molar-refractivity contribution in [2.24, 2.45) is 0 Å². The molecule has 0 aliphatic carbocycles. The third-order valence-electron chi connectivity index (χ3n) is 4.22. The van der Waals surface area contributed by atoms with Crippen LogP contribution in [0.3, 0.4) is 0 Å². The average molecular weight is 325 g/mol. The van der Waals surface area contributed by atoms with E-state index in [2.05, 4.69) is 0 Å². The van der Waals surface area contributed by atoms with Gasteiger partial charge < -0.3 is 14.9 Å². The molecule has 0 saturated carbocycles. The number of carbonyl (C=O) groups excluding carboxylic acids is 1. The molecule has 2 atom stereocenters. The van der Waals surface area contributed by atoms with Gasteiger partial charge in [0, 0.05) is 5.69 Å². The summed E-state index contributed by atoms with van der Waals surface area (Å²) < 4.78 is 5.11. The second kappa shape index (κ2) is 6.47. The first-order valence-corrected chi connectivity index (χ1v) is 7.64. The minimum Gasteiger partial charge on any atom is -0.497 e. The molecule has 0 radical (unpaired) electrons. The number of carbonyl (C=O) groups is 1. The van der Waals surface area contributed by atoms with E-state index in [0.717, 1.165) is 5.56 Å². The summed E-state index contributed by atoms with van der Waals surface area (Å²) in [7, 11) is 1.57. The summed E-state index contributed by atoms with van der Waals surface area (Å²) in [6.45, 7) is -0.623. The maximum absolute atomic E-state index is 12.3. The molecule has 1 heterocycles. The van der Waals surface area contributed by atoms with Crippen molar-refractivity contribution in [3.63, 3.8) is 0 Å². The van der Waals surface area contributed by atoms with Gasteiger partial charge in [-0.3, -0.25) is 9.69 Å². The molecule has 1 aliphatic rings. The van der Waals surface area contributed by atoms with E-state index in [1.165, 1.54) is 4.90 Å². The van der Waals surface area contributed by atoms with Gasteiger partial charge in [0.25, 0.3) is 5.91 Å². The van der Waals surface area contributed by atoms with Crippen LogP contribution in [0, 0.1) is 0 Å². The van der Waals surface area contributed by atoms with Crippen LogP contribution in [-0.4, -0.2) is 41.5 Å². The molecule has 2 aromatic carbocycles. The number of aliphatic hydroxyl groups excluding tert-OH is 1. The molecule has 2 aromatic rings. The fourth-order valence-electron chi connectivity index (χ4n) is 2.80. The summed E-state index contributed by atoms with van der Waals surface area (Å²) in [5.74, 6) is 0.165. The fourth-order valence-corrected chi connectivity index (χ4v) is 2.80. The molecular weight excluding hydrogens is 306 g/mol. The summed E-state index contributed by atoms with van der Waals surface area (Å²) in [6, 6.07) is 15.9. The predicted octanol–water partition coefficient (Wildman–Crippen LogP) is 1.85. The van der Waals surface area contributed by atoms with E-state index in [-0.39, 0.29) is 0 Å². The van der Waals surface area contributed by atoms with Crippen LogP contribution in [0.4, 0.5) is 5.69 Å². The molecule has 24 heavy (non-hydrogen) atoms. The average Bonchev–Trinajstić information content (AvgIpc) is 2.65. The van der Waals surface area contributed by atoms with Crippen LogP contribution < -0.4 is 9.64 Å². The SMILES string of the molecule is COc1ccc(N2C(=O)[C@@](O)(CO)[C@H]2/C=C/c2ccccc2)cc1. The van der Waals surface area contributed by atoms with Crippen LogP contribution in [0.1, 0.15) is 5.56 Å². The van der Waals surface area contributed by atoms with Gasteiger partial charge in [-0.05, 0) is 29.8 Å². The summed E-state index contributed by atoms with van der Waals surface area (Å²) in [5.41, 5.74) is -0.195. The van der Waals surface area contributed by atoms with Gasteiger partial charge in [-0.1, -0.05) is 42.5 Å². The zero-order chi connectivity index (χ0) is 17.2. The van der Waals surface area contributed by atoms with Gasteiger partial charge in [-0.15, -0.1) is 0 Å². The highest BCUT2D eigenvalue weighted by Crippen LogP contribution is 2.37. The monoisotopic (exact) mass is 325 g/mol. The summed E-state index contributed by atoms with van der Waals surface area (Å²) in [5, 5.41) is 19.9. The highest BCUT2D eigenvalue weighted by molar-refractivity contribution is 6.09. The topological polar surface area (TPSA) is 70.0 Å². The maximum atomic E-state index is 12.3. The van der Waals surface area contributed by atoms with Crippen LogP contribution >= 0.6 is 0 Å². The minimum atomic E-state index is -1.79. The number of anilines is 1. The normalized spacial score (nSPS) is 23.4. The third kappa shape index (κ3) is 2.68. The Morgan fingerprint density at radius 3 is 2.42 bits per heavy atom. The number of ether oxygens (including phenoxy) is 1. The third-order valence-corrected chi connectivity index (χ3v) is 4.22. The van der Waals surface area contributed by atoms with Crippen molar-refractivity contribution in [3.8, 4) is 5.75 Å². The number of aliphatic hydroxyl groups is 2. The number of hydrogen-bond acceptors (Lipinski definition) is 4. The Bertz CT molecular complexity index is 742. The van der Waals surface area contributed by atoms with Gasteiger partial charge in [-0.25, -0.2) is 0 Å². The lowest BCUT2D eigenvalue weighted by molar-refractivity contribution is -0.156. The van der Waals surface area contributed by atoms with Gasteiger partial charge in [0.2, 0.25) is 0 Å². The van der Waals surface area contributed by atoms with Crippen molar-refractivity contribution in [2.75, 3.05) is 18.6 Å². The number of benzene rings is 2. The number of methoxy groups -OCH3 is 1. The molecule has 5 heteroatoms. The molecule has 2 N–H and O–H groups in total. The van der Waals surface area contributed by atoms with Crippen molar-refractivity contribution >= 4 is 17.7 Å². The quantitative estimate of drug-likeness (QED) is 0.823. The predicted molar refractivity (Wildman–Crippen MR) is 91.8 cm³/mol. The number of rotatable bonds is 5. The van der Waals surface area contributed by atoms with Crippen LogP contribution in [0.15, 0.2) is 60.7 Å². The highest BCUT2D eigenvalue weighted by Gasteiger charge is 2.59. The number of hydrogen-bond donors (Lipinski definition) is 2. The van der Waals surface area contributed by atoms with E-state index in [4.69, 9.17) is 4.74 Å². The second-order valence-electron chi connectivity index (χ2n) is 5.67. The summed E-state index contributed by atoms with van der Waals surface area (Å²) in [4.78, 5) is 13.8. The first kappa shape index (κ1) is 16.2. The van der Waals surface area contributed by atoms with Crippen LogP contribution in [0.2, 0.25) is 0 Å². The highest BCUT2D eigenvalue weighted by atomic mass is 16.5. The molecule has 0 bridgehead atoms. The first-order chi connectivity index (χ1) is 11.6. The van der Waals surface area contributed by atoms with E-state index in [9.17, 15) is 15.0 Å². The van der Waals surface area contributed by atoms with Gasteiger partial charge in [0.1, 0.15) is 5.75 Å². The Morgan fingerprint density at radius 1 is 1.17 bits per heavy atom. The molecule has 1 saturated heterocycles. The molecule has 0 spiro atoms. The Labute approximate surface area is 140 Å². The lowest BCUT2D eigenvalue weighted by atomic mass is 9.81. The largest absolute Gasteiger partial charge is 0.497 e. The smallest absolute Gasteiger partial charge is 0.264 e. The lowest BCUT2D eigenvalue weighted by Crippen LogP contribution is -2.75. The van der Waals surface area contributed by atoms with Gasteiger partial charge in [0.05, 0.1) is 19.8 Å². The van der Waals surface area contributed by atoms with Crippen molar-refractivity contribution < 1.29 is 19.7 Å². The van der Waals surface area contributed by atoms with E-state index in [0.29, 0.717) is 11.4 Å². The van der Waals surface area contributed by atoms with Crippen molar-refractivity contribution in [2.45, 2.75) is 11.6 Å². The van der Waals surface area contributed by atoms with Crippen molar-refractivity contribution in [1.29, 1.82) is 0 Å². The van der Waals surface area contributed by atoms with E-state index in [1.807, 2.05) is 36.4 Å². The van der Waals surface area contributed by atoms with Crippen molar-refractivity contribution in [1.82, 2.24) is 0 Å². The zero-order valence-corrected chi connectivity index (χ0v) is 13.3. The molecule has 5 nitrogen and oxygen atoms in total. The standard InChI is InChI=1S/C19H19NO4/c1-24-16-10-8-15(9-11-16)20-17(19(23,13-21)18(20)22)12-7-14-5-3-2-4-6-14/h2-12,17,21,23H,13H2,1H3/b12-7+/t17-,19-/m1/s1. The Hall–Kier alpha value is -2.63. The minimum absolute atomic E-state index is 0.516. The summed E-state index contributed by atoms with van der Waals surface area (Å²) in [6.07, 6.45) is 3.56. The van der Waals surface area contributed by atoms with E-state index < -0.39 is 24.2 Å². The number of β-lactam (4-membered cyclic amide) rings is 1. The van der Waals surface area contributed by atoms with Crippen LogP contribution in [-0.2, 0) is 4.79 Å². The Kier molecular flexibility index (Phi) is 4.38. The summed E-state index contributed by atoms with van der Waals surface area (Å²) >= 11 is 0. The molecule has 1 fully saturated rings. The zero-order valence-electron chi connectivity index (χ0n) is 13.3. The Balaban J connectivity index is 1.89. The van der Waals surface area contributed by atoms with E-state index in [1.54, 1.807) is 37.5 Å². The molecule has 3 rings (SSSR count). The van der Waals surface area contributed by atoms with Gasteiger partial charge in [0.15, 0.2) is 5.60 Å². The molecule has 1 aliphatic heterocycles. The molecule has 124 valence electrons. The lowest BCUT2D eigenvalue weighted by Gasteiger charge is -2.50. The molecular formula is C19H19NO4. The molecule has 1 amide bonds. The van der Waals surface area contributed by atoms with Crippen molar-refractivity contribution in [3.05, 3.63) is 66.2 Å². The van der Waals surface area contributed by atoms with Crippen LogP contribution in [0.5, 0.6) is 5.75 Å². The first-order valence-electron chi connectivity index (χ1n) is 7.64. The second-order valence-corrected chi connectivity index (χ2v) is 5.67. The van der Waals surface area contributed by atoms with E-state index >= 15 is 0 Å². The molecule has 0 unspecified atom stereocenters. The molecule has 0 aromatic heterocycles. The number of amides is 1. The Morgan fingerprint density at radius 2 is 1.83 bits per heavy atom. The number of nitrogens with zero attached hydrogens (tertiary/aromatic N) is 1.